The van der Waals surface area contributed by atoms with Gasteiger partial charge in [-0.1, -0.05) is 37.4 Å². The molecule has 1 aliphatic heterocycles. The molecule has 2 atom stereocenters. The van der Waals surface area contributed by atoms with Crippen molar-refractivity contribution in [2.45, 2.75) is 57.1 Å². The minimum absolute atomic E-state index is 0.0601. The van der Waals surface area contributed by atoms with Crippen molar-refractivity contribution in [3.63, 3.8) is 0 Å². The molecule has 2 amide bonds. The van der Waals surface area contributed by atoms with Crippen LogP contribution < -0.4 is 15.4 Å². The van der Waals surface area contributed by atoms with Crippen molar-refractivity contribution in [1.82, 2.24) is 10.6 Å². The van der Waals surface area contributed by atoms with Crippen LogP contribution in [0.2, 0.25) is 5.02 Å². The van der Waals surface area contributed by atoms with Crippen molar-refractivity contribution in [3.05, 3.63) is 35.0 Å². The Hall–Kier alpha value is -2.41. The molecule has 0 spiro atoms. The lowest BCUT2D eigenvalue weighted by Crippen LogP contribution is -2.51. The van der Waals surface area contributed by atoms with E-state index in [2.05, 4.69) is 17.2 Å². The molecule has 1 heterocycles. The summed E-state index contributed by atoms with van der Waals surface area (Å²) in [6, 6.07) is 1.82. The number of methoxy groups -OCH3 is 1. The third kappa shape index (κ3) is 4.96. The maximum Gasteiger partial charge on any atom is 0.319 e. The van der Waals surface area contributed by atoms with Gasteiger partial charge in [0.05, 0.1) is 18.2 Å². The predicted octanol–water partition coefficient (Wildman–Crippen LogP) is 4.19. The summed E-state index contributed by atoms with van der Waals surface area (Å²) in [5.74, 6) is -1.33. The van der Waals surface area contributed by atoms with Crippen LogP contribution in [0.3, 0.4) is 0 Å². The Morgan fingerprint density at radius 1 is 1.21 bits per heavy atom. The number of carbonyl (C=O) groups excluding carboxylic acids is 2. The molecule has 1 aliphatic carbocycles. The SMILES string of the molecule is C=C1NC(=O)NC(c2cc(Cl)c(O)c(OC)c2)C1C(=O)OC1CCCCCCC1. The van der Waals surface area contributed by atoms with Crippen molar-refractivity contribution >= 4 is 23.6 Å². The summed E-state index contributed by atoms with van der Waals surface area (Å²) in [7, 11) is 1.40. The first-order valence-electron chi connectivity index (χ1n) is 9.94. The molecule has 3 rings (SSSR count). The van der Waals surface area contributed by atoms with Crippen LogP contribution in [0.1, 0.15) is 56.6 Å². The number of nitrogens with one attached hydrogen (secondary N) is 2. The summed E-state index contributed by atoms with van der Waals surface area (Å²) < 4.78 is 11.0. The fraction of sp³-hybridized carbons (Fsp3) is 0.524. The second-order valence-corrected chi connectivity index (χ2v) is 7.94. The van der Waals surface area contributed by atoms with Crippen molar-refractivity contribution in [2.75, 3.05) is 7.11 Å². The number of hydrogen-bond donors (Lipinski definition) is 3. The van der Waals surface area contributed by atoms with Gasteiger partial charge in [0, 0.05) is 5.70 Å². The van der Waals surface area contributed by atoms with Crippen LogP contribution in [-0.2, 0) is 9.53 Å². The highest BCUT2D eigenvalue weighted by Crippen LogP contribution is 2.40. The Bertz CT molecular complexity index is 790. The van der Waals surface area contributed by atoms with E-state index < -0.39 is 24.0 Å². The molecule has 1 saturated carbocycles. The molecule has 1 aromatic carbocycles. The number of rotatable bonds is 4. The minimum Gasteiger partial charge on any atom is -0.503 e. The third-order valence-electron chi connectivity index (χ3n) is 5.49. The van der Waals surface area contributed by atoms with Gasteiger partial charge in [0.25, 0.3) is 0 Å². The fourth-order valence-corrected chi connectivity index (χ4v) is 4.16. The molecular formula is C21H27ClN2O5. The van der Waals surface area contributed by atoms with E-state index in [0.29, 0.717) is 5.56 Å². The highest BCUT2D eigenvalue weighted by atomic mass is 35.5. The third-order valence-corrected chi connectivity index (χ3v) is 5.78. The molecule has 8 heteroatoms. The zero-order chi connectivity index (χ0) is 21.0. The molecule has 1 aromatic rings. The number of carbonyl (C=O) groups is 2. The van der Waals surface area contributed by atoms with E-state index in [-0.39, 0.29) is 28.3 Å². The van der Waals surface area contributed by atoms with Crippen molar-refractivity contribution in [3.8, 4) is 11.5 Å². The molecule has 29 heavy (non-hydrogen) atoms. The lowest BCUT2D eigenvalue weighted by Gasteiger charge is -2.34. The molecule has 1 saturated heterocycles. The van der Waals surface area contributed by atoms with Gasteiger partial charge >= 0.3 is 12.0 Å². The first-order chi connectivity index (χ1) is 13.9. The summed E-state index contributed by atoms with van der Waals surface area (Å²) in [5, 5.41) is 15.4. The maximum absolute atomic E-state index is 13.1. The largest absolute Gasteiger partial charge is 0.503 e. The summed E-state index contributed by atoms with van der Waals surface area (Å²) in [6.45, 7) is 3.87. The number of aromatic hydroxyl groups is 1. The number of ether oxygens (including phenoxy) is 2. The zero-order valence-corrected chi connectivity index (χ0v) is 17.3. The number of benzene rings is 1. The quantitative estimate of drug-likeness (QED) is 0.632. The van der Waals surface area contributed by atoms with Crippen LogP contribution in [0.5, 0.6) is 11.5 Å². The smallest absolute Gasteiger partial charge is 0.319 e. The number of phenols is 1. The lowest BCUT2D eigenvalue weighted by atomic mass is 9.88. The number of hydrogen-bond acceptors (Lipinski definition) is 5. The lowest BCUT2D eigenvalue weighted by molar-refractivity contribution is -0.155. The van der Waals surface area contributed by atoms with Crippen LogP contribution in [0.4, 0.5) is 4.79 Å². The maximum atomic E-state index is 13.1. The second-order valence-electron chi connectivity index (χ2n) is 7.54. The highest BCUT2D eigenvalue weighted by Gasteiger charge is 2.40. The number of esters is 1. The average molecular weight is 423 g/mol. The molecule has 0 bridgehead atoms. The topological polar surface area (TPSA) is 96.9 Å². The highest BCUT2D eigenvalue weighted by molar-refractivity contribution is 6.32. The van der Waals surface area contributed by atoms with Gasteiger partial charge in [-0.25, -0.2) is 4.79 Å². The fourth-order valence-electron chi connectivity index (χ4n) is 3.94. The Labute approximate surface area is 175 Å². The van der Waals surface area contributed by atoms with Crippen LogP contribution in [0.25, 0.3) is 0 Å². The minimum atomic E-state index is -0.830. The van der Waals surface area contributed by atoms with E-state index in [1.165, 1.54) is 19.6 Å². The van der Waals surface area contributed by atoms with Gasteiger partial charge in [0.1, 0.15) is 12.0 Å². The zero-order valence-electron chi connectivity index (χ0n) is 16.5. The van der Waals surface area contributed by atoms with Gasteiger partial charge in [0.15, 0.2) is 11.5 Å². The van der Waals surface area contributed by atoms with Gasteiger partial charge in [-0.3, -0.25) is 4.79 Å². The summed E-state index contributed by atoms with van der Waals surface area (Å²) >= 11 is 6.11. The van der Waals surface area contributed by atoms with Gasteiger partial charge in [-0.05, 0) is 43.4 Å². The van der Waals surface area contributed by atoms with E-state index in [9.17, 15) is 14.7 Å². The Balaban J connectivity index is 1.86. The van der Waals surface area contributed by atoms with Crippen LogP contribution in [-0.4, -0.2) is 30.3 Å². The van der Waals surface area contributed by atoms with Crippen LogP contribution in [0, 0.1) is 5.92 Å². The second kappa shape index (κ2) is 9.39. The number of urea groups is 1. The molecule has 0 radical (unpaired) electrons. The molecule has 2 unspecified atom stereocenters. The standard InChI is InChI=1S/C21H27ClN2O5/c1-12-17(20(26)29-14-8-6-4-3-5-7-9-14)18(24-21(27)23-12)13-10-15(22)19(25)16(11-13)28-2/h10-11,14,17-18,25H,1,3-9H2,2H3,(H2,23,24,27). The molecule has 2 fully saturated rings. The van der Waals surface area contributed by atoms with E-state index in [4.69, 9.17) is 21.1 Å². The Morgan fingerprint density at radius 2 is 1.86 bits per heavy atom. The molecule has 3 N–H and O–H groups in total. The number of amides is 2. The van der Waals surface area contributed by atoms with E-state index in [0.717, 1.165) is 38.5 Å². The molecular weight excluding hydrogens is 396 g/mol. The van der Waals surface area contributed by atoms with Crippen molar-refractivity contribution in [1.29, 1.82) is 0 Å². The first kappa shape index (κ1) is 21.3. The van der Waals surface area contributed by atoms with E-state index in [1.807, 2.05) is 0 Å². The monoisotopic (exact) mass is 422 g/mol. The number of phenolic OH excluding ortho intramolecular Hbond substituents is 1. The summed E-state index contributed by atoms with van der Waals surface area (Å²) in [4.78, 5) is 25.1. The van der Waals surface area contributed by atoms with Gasteiger partial charge in [-0.2, -0.15) is 0 Å². The van der Waals surface area contributed by atoms with Gasteiger partial charge < -0.3 is 25.2 Å². The van der Waals surface area contributed by atoms with Crippen molar-refractivity contribution in [2.24, 2.45) is 5.92 Å². The Morgan fingerprint density at radius 3 is 2.52 bits per heavy atom. The normalized spacial score (nSPS) is 23.4. The molecule has 2 aliphatic rings. The average Bonchev–Trinajstić information content (AvgIpc) is 2.65. The Kier molecular flexibility index (Phi) is 6.90. The van der Waals surface area contributed by atoms with Gasteiger partial charge in [-0.15, -0.1) is 0 Å². The predicted molar refractivity (Wildman–Crippen MR) is 109 cm³/mol. The molecule has 7 nitrogen and oxygen atoms in total. The van der Waals surface area contributed by atoms with E-state index in [1.54, 1.807) is 6.07 Å². The van der Waals surface area contributed by atoms with Crippen molar-refractivity contribution < 1.29 is 24.2 Å². The summed E-state index contributed by atoms with van der Waals surface area (Å²) in [6.07, 6.45) is 7.14. The van der Waals surface area contributed by atoms with E-state index >= 15 is 0 Å². The number of halogens is 1. The van der Waals surface area contributed by atoms with Crippen LogP contribution >= 0.6 is 11.6 Å². The first-order valence-corrected chi connectivity index (χ1v) is 10.3. The molecule has 158 valence electrons. The molecule has 0 aromatic heterocycles. The van der Waals surface area contributed by atoms with Crippen LogP contribution in [0.15, 0.2) is 24.4 Å². The summed E-state index contributed by atoms with van der Waals surface area (Å²) in [5.41, 5.74) is 0.776. The van der Waals surface area contributed by atoms with Gasteiger partial charge in [0.2, 0.25) is 0 Å².